The first-order valence-corrected chi connectivity index (χ1v) is 3.63. The van der Waals surface area contributed by atoms with Crippen molar-refractivity contribution in [1.29, 1.82) is 0 Å². The average molecular weight is 229 g/mol. The van der Waals surface area contributed by atoms with E-state index in [0.717, 1.165) is 14.2 Å². The fraction of sp³-hybridized carbons (Fsp3) is 1.00. The Morgan fingerprint density at radius 1 is 1.29 bits per heavy atom. The van der Waals surface area contributed by atoms with Gasteiger partial charge in [-0.1, -0.05) is 0 Å². The summed E-state index contributed by atoms with van der Waals surface area (Å²) in [5.41, 5.74) is 0. The molecule has 0 radical (unpaired) electrons. The Hall–Kier alpha value is -1.35. The number of hydroxylamine groups is 2. The van der Waals surface area contributed by atoms with Gasteiger partial charge in [-0.25, -0.2) is 0 Å². The van der Waals surface area contributed by atoms with Crippen LogP contribution in [0.15, 0.2) is 10.6 Å². The smallest absolute Gasteiger partial charge is 0.527 e. The van der Waals surface area contributed by atoms with Gasteiger partial charge in [-0.2, -0.15) is 0 Å². The molecule has 0 aliphatic carbocycles. The molecule has 1 N–H and O–H groups in total. The Morgan fingerprint density at radius 2 is 1.64 bits per heavy atom. The first kappa shape index (κ1) is 12.7. The average Bonchev–Trinajstić information content (AvgIpc) is 2.17. The highest BCUT2D eigenvalue weighted by Gasteiger charge is 2.51. The molecule has 0 rings (SSSR count). The minimum absolute atomic E-state index is 0.343. The van der Waals surface area contributed by atoms with Gasteiger partial charge in [0.05, 0.1) is 0 Å². The maximum Gasteiger partial charge on any atom is 0.527 e. The summed E-state index contributed by atoms with van der Waals surface area (Å²) >= 11 is 5.41. The largest absolute Gasteiger partial charge is 0.591 e. The zero-order valence-electron chi connectivity index (χ0n) is 7.45. The molecule has 0 aromatic rings. The monoisotopic (exact) mass is 228 g/mol. The molecular weight excluding hydrogens is 220 g/mol. The van der Waals surface area contributed by atoms with Crippen LogP contribution in [-0.4, -0.2) is 40.8 Å². The molecular formula is C4H9ClN4O5. The highest BCUT2D eigenvalue weighted by Crippen LogP contribution is 2.17. The van der Waals surface area contributed by atoms with Crippen LogP contribution in [-0.2, 0) is 9.68 Å². The van der Waals surface area contributed by atoms with Crippen LogP contribution >= 0.6 is 11.6 Å². The van der Waals surface area contributed by atoms with E-state index < -0.39 is 11.7 Å². The Kier molecular flexibility index (Phi) is 4.87. The second kappa shape index (κ2) is 5.40. The fourth-order valence-electron chi connectivity index (χ4n) is 0.468. The quantitative estimate of drug-likeness (QED) is 0.176. The van der Waals surface area contributed by atoms with Gasteiger partial charge >= 0.3 is 5.12 Å². The van der Waals surface area contributed by atoms with E-state index in [2.05, 4.69) is 20.2 Å². The third-order valence-corrected chi connectivity index (χ3v) is 1.51. The number of aliphatic hydroxyl groups is 1. The number of halogens is 1. The number of rotatable bonds is 5. The van der Waals surface area contributed by atoms with Gasteiger partial charge in [0.15, 0.2) is 0 Å². The second-order valence-electron chi connectivity index (χ2n) is 1.95. The van der Waals surface area contributed by atoms with Crippen LogP contribution in [0.5, 0.6) is 0 Å². The summed E-state index contributed by atoms with van der Waals surface area (Å²) < 4.78 is 0. The van der Waals surface area contributed by atoms with Crippen molar-refractivity contribution < 1.29 is 24.5 Å². The van der Waals surface area contributed by atoms with Gasteiger partial charge < -0.3 is 25.2 Å². The first-order valence-electron chi connectivity index (χ1n) is 3.25. The van der Waals surface area contributed by atoms with Crippen molar-refractivity contribution in [3.8, 4) is 0 Å². The number of hydrogen-bond acceptors (Lipinski definition) is 7. The van der Waals surface area contributed by atoms with Gasteiger partial charge in [0.1, 0.15) is 14.2 Å². The molecule has 0 amide bonds. The van der Waals surface area contributed by atoms with Gasteiger partial charge in [-0.05, 0) is 0 Å². The van der Waals surface area contributed by atoms with Crippen LogP contribution in [0, 0.1) is 10.4 Å². The van der Waals surface area contributed by atoms with Gasteiger partial charge in [0.2, 0.25) is 17.2 Å². The number of aliphatic hydroxyl groups excluding tert-OH is 1. The molecule has 0 saturated carbocycles. The molecule has 0 heterocycles. The normalized spacial score (nSPS) is 17.4. The summed E-state index contributed by atoms with van der Waals surface area (Å²) in [5, 5.41) is 33.9. The molecule has 0 fully saturated rings. The van der Waals surface area contributed by atoms with Crippen molar-refractivity contribution in [1.82, 2.24) is 0 Å². The molecule has 9 nitrogen and oxygen atoms in total. The molecule has 0 atom stereocenters. The Morgan fingerprint density at radius 3 is 1.86 bits per heavy atom. The molecule has 0 saturated heterocycles. The van der Waals surface area contributed by atoms with E-state index in [-0.39, 0.29) is 9.72 Å². The van der Waals surface area contributed by atoms with Crippen molar-refractivity contribution in [2.24, 2.45) is 10.6 Å². The predicted octanol–water partition coefficient (Wildman–Crippen LogP) is -0.0809. The highest BCUT2D eigenvalue weighted by atomic mass is 35.5. The lowest BCUT2D eigenvalue weighted by Crippen LogP contribution is -2.45. The van der Waals surface area contributed by atoms with Gasteiger partial charge in [-0.3, -0.25) is 0 Å². The zero-order chi connectivity index (χ0) is 11.2. The molecule has 14 heavy (non-hydrogen) atoms. The summed E-state index contributed by atoms with van der Waals surface area (Å²) in [6, 6.07) is 0. The Balaban J connectivity index is 4.97. The lowest BCUT2D eigenvalue weighted by Gasteiger charge is -2.14. The van der Waals surface area contributed by atoms with Crippen LogP contribution < -0.4 is 0 Å². The van der Waals surface area contributed by atoms with Crippen LogP contribution in [0.2, 0.25) is 0 Å². The van der Waals surface area contributed by atoms with Crippen LogP contribution in [0.25, 0.3) is 0 Å². The van der Waals surface area contributed by atoms with Crippen molar-refractivity contribution in [2.45, 2.75) is 5.12 Å². The fourth-order valence-corrected chi connectivity index (χ4v) is 0.529. The van der Waals surface area contributed by atoms with E-state index in [1.54, 1.807) is 0 Å². The van der Waals surface area contributed by atoms with Crippen molar-refractivity contribution >= 4 is 11.6 Å². The van der Waals surface area contributed by atoms with Gasteiger partial charge in [0, 0.05) is 21.3 Å². The zero-order valence-corrected chi connectivity index (χ0v) is 8.21. The molecule has 0 bridgehead atoms. The van der Waals surface area contributed by atoms with Crippen molar-refractivity contribution in [3.05, 3.63) is 10.4 Å². The molecule has 0 aliphatic heterocycles. The predicted molar refractivity (Wildman–Crippen MR) is 41.8 cm³/mol. The van der Waals surface area contributed by atoms with Crippen LogP contribution in [0.3, 0.4) is 0 Å². The maximum absolute atomic E-state index is 11.0. The molecule has 0 spiro atoms. The van der Waals surface area contributed by atoms with E-state index in [9.17, 15) is 10.4 Å². The number of hydrogen-bond donors (Lipinski definition) is 1. The Labute approximate surface area is 83.9 Å². The second-order valence-corrected chi connectivity index (χ2v) is 2.56. The summed E-state index contributed by atoms with van der Waals surface area (Å²) in [7, 11) is 2.14. The van der Waals surface area contributed by atoms with E-state index >= 15 is 0 Å². The summed E-state index contributed by atoms with van der Waals surface area (Å²) in [6.07, 6.45) is 0. The third kappa shape index (κ3) is 2.57. The number of alkyl halides is 1. The SMILES string of the molecule is CON=[N+]([O-])C(Cl)(CO)[N+]([O-])=NOC. The topological polar surface area (TPSA) is 116 Å². The lowest BCUT2D eigenvalue weighted by molar-refractivity contribution is -0.820. The summed E-state index contributed by atoms with van der Waals surface area (Å²) in [4.78, 5) is 7.46. The summed E-state index contributed by atoms with van der Waals surface area (Å²) in [5.74, 6) is 0. The van der Waals surface area contributed by atoms with E-state index in [1.165, 1.54) is 0 Å². The van der Waals surface area contributed by atoms with Crippen molar-refractivity contribution in [3.63, 3.8) is 0 Å². The van der Waals surface area contributed by atoms with Crippen LogP contribution in [0.4, 0.5) is 0 Å². The highest BCUT2D eigenvalue weighted by molar-refractivity contribution is 6.21. The van der Waals surface area contributed by atoms with E-state index in [0.29, 0.717) is 0 Å². The number of nitrogens with zero attached hydrogens (tertiary/aromatic N) is 4. The molecule has 82 valence electrons. The third-order valence-electron chi connectivity index (χ3n) is 1.10. The Bertz CT molecular complexity index is 224. The molecule has 0 aromatic heterocycles. The molecule has 0 aromatic carbocycles. The first-order chi connectivity index (χ1) is 6.52. The summed E-state index contributed by atoms with van der Waals surface area (Å²) in [6.45, 7) is -1.03. The minimum Gasteiger partial charge on any atom is -0.591 e. The maximum atomic E-state index is 11.0. The van der Waals surface area contributed by atoms with Gasteiger partial charge in [-0.15, -0.1) is 0 Å². The van der Waals surface area contributed by atoms with E-state index in [4.69, 9.17) is 16.7 Å². The molecule has 10 heteroatoms. The van der Waals surface area contributed by atoms with Crippen LogP contribution in [0.1, 0.15) is 0 Å². The molecule has 0 aliphatic rings. The van der Waals surface area contributed by atoms with Crippen molar-refractivity contribution in [2.75, 3.05) is 20.8 Å². The van der Waals surface area contributed by atoms with Gasteiger partial charge in [0.25, 0.3) is 0 Å². The minimum atomic E-state index is -2.44. The lowest BCUT2D eigenvalue weighted by atomic mass is 10.5. The standard InChI is InChI=1S/C4H9ClN4O5/c1-13-6-8(11)4(5,3-10)9(12)7-14-2/h10H,3H2,1-2H3. The molecule has 0 unspecified atom stereocenters. The van der Waals surface area contributed by atoms with E-state index in [1.807, 2.05) is 0 Å².